The quantitative estimate of drug-likeness (QED) is 0.670. The maximum Gasteiger partial charge on any atom is 0.372 e. The van der Waals surface area contributed by atoms with Crippen LogP contribution >= 0.6 is 0 Å². The summed E-state index contributed by atoms with van der Waals surface area (Å²) in [5.74, 6) is -3.39. The molecule has 0 saturated heterocycles. The number of hydrogen-bond acceptors (Lipinski definition) is 4. The van der Waals surface area contributed by atoms with Crippen molar-refractivity contribution in [3.05, 3.63) is 35.9 Å². The molecule has 6 nitrogen and oxygen atoms in total. The van der Waals surface area contributed by atoms with Gasteiger partial charge in [0.2, 0.25) is 5.78 Å². The van der Waals surface area contributed by atoms with Crippen molar-refractivity contribution in [2.75, 3.05) is 6.54 Å². The first kappa shape index (κ1) is 16.8. The number of benzene rings is 1. The molecule has 0 spiro atoms. The highest BCUT2D eigenvalue weighted by atomic mass is 16.4. The first-order chi connectivity index (χ1) is 8.88. The van der Waals surface area contributed by atoms with E-state index in [1.54, 1.807) is 31.2 Å². The minimum atomic E-state index is -1.38. The summed E-state index contributed by atoms with van der Waals surface area (Å²) in [4.78, 5) is 30.7. The Morgan fingerprint density at radius 3 is 2.00 bits per heavy atom. The van der Waals surface area contributed by atoms with E-state index in [1.807, 2.05) is 6.07 Å². The second-order valence-electron chi connectivity index (χ2n) is 3.87. The van der Waals surface area contributed by atoms with E-state index in [4.69, 9.17) is 15.9 Å². The summed E-state index contributed by atoms with van der Waals surface area (Å²) in [6.07, 6.45) is -0.0316. The molecule has 1 rings (SSSR count). The molecule has 1 aromatic carbocycles. The van der Waals surface area contributed by atoms with Crippen LogP contribution in [0.4, 0.5) is 0 Å². The lowest BCUT2D eigenvalue weighted by atomic mass is 10.1. The molecule has 0 radical (unpaired) electrons. The van der Waals surface area contributed by atoms with Gasteiger partial charge in [-0.25, -0.2) is 4.79 Å². The van der Waals surface area contributed by atoms with E-state index in [-0.39, 0.29) is 13.0 Å². The fourth-order valence-corrected chi connectivity index (χ4v) is 0.958. The number of Topliss-reactive ketones (excluding diaryl/α,β-unsaturated/α-hetero) is 1. The topological polar surface area (TPSA) is 118 Å². The number of carbonyl (C=O) groups is 3. The van der Waals surface area contributed by atoms with Gasteiger partial charge in [0, 0.05) is 13.0 Å². The molecular weight excluding hydrogens is 250 g/mol. The fraction of sp³-hybridized carbons (Fsp3) is 0.308. The molecule has 0 saturated carbocycles. The molecule has 0 heterocycles. The smallest absolute Gasteiger partial charge is 0.372 e. The van der Waals surface area contributed by atoms with Crippen LogP contribution in [0.3, 0.4) is 0 Å². The van der Waals surface area contributed by atoms with E-state index < -0.39 is 23.6 Å². The molecule has 1 unspecified atom stereocenters. The van der Waals surface area contributed by atoms with Crippen molar-refractivity contribution in [1.29, 1.82) is 0 Å². The van der Waals surface area contributed by atoms with Gasteiger partial charge in [0.25, 0.3) is 0 Å². The Hall–Kier alpha value is -2.21. The zero-order valence-electron chi connectivity index (χ0n) is 10.6. The van der Waals surface area contributed by atoms with E-state index in [1.165, 1.54) is 0 Å². The summed E-state index contributed by atoms with van der Waals surface area (Å²) in [5.41, 5.74) is 5.72. The number of carboxylic acid groups (broad SMARTS) is 2. The Balaban J connectivity index is 0.000000399. The van der Waals surface area contributed by atoms with Crippen molar-refractivity contribution in [1.82, 2.24) is 0 Å². The average molecular weight is 267 g/mol. The highest BCUT2D eigenvalue weighted by Gasteiger charge is 2.10. The van der Waals surface area contributed by atoms with Gasteiger partial charge >= 0.3 is 11.9 Å². The van der Waals surface area contributed by atoms with Crippen molar-refractivity contribution in [3.63, 3.8) is 0 Å². The fourth-order valence-electron chi connectivity index (χ4n) is 0.958. The summed E-state index contributed by atoms with van der Waals surface area (Å²) in [7, 11) is 0. The second-order valence-corrected chi connectivity index (χ2v) is 3.87. The van der Waals surface area contributed by atoms with Crippen LogP contribution in [0.1, 0.15) is 12.5 Å². The van der Waals surface area contributed by atoms with Gasteiger partial charge in [-0.05, 0) is 5.56 Å². The predicted octanol–water partition coefficient (Wildman–Crippen LogP) is 0.549. The molecule has 0 amide bonds. The van der Waals surface area contributed by atoms with Crippen molar-refractivity contribution in [2.24, 2.45) is 11.7 Å². The van der Waals surface area contributed by atoms with E-state index in [0.717, 1.165) is 5.56 Å². The molecular formula is C13H17NO5. The third-order valence-corrected chi connectivity index (χ3v) is 2.22. The highest BCUT2D eigenvalue weighted by Crippen LogP contribution is 1.99. The van der Waals surface area contributed by atoms with E-state index in [0.29, 0.717) is 0 Å². The molecule has 0 bridgehead atoms. The van der Waals surface area contributed by atoms with Crippen molar-refractivity contribution in [2.45, 2.75) is 13.3 Å². The summed E-state index contributed by atoms with van der Waals surface area (Å²) in [5, 5.41) is 16.4. The van der Waals surface area contributed by atoms with Crippen LogP contribution in [-0.2, 0) is 20.8 Å². The van der Waals surface area contributed by atoms with Crippen molar-refractivity contribution < 1.29 is 24.6 Å². The van der Waals surface area contributed by atoms with Crippen LogP contribution in [-0.4, -0.2) is 34.5 Å². The molecule has 0 aliphatic heterocycles. The van der Waals surface area contributed by atoms with Gasteiger partial charge in [-0.15, -0.1) is 0 Å². The van der Waals surface area contributed by atoms with Gasteiger partial charge in [-0.3, -0.25) is 9.59 Å². The van der Waals surface area contributed by atoms with Crippen LogP contribution in [0.25, 0.3) is 0 Å². The standard InChI is InChI=1S/C9H8O3.C4H9NO2/c10-8(9(11)12)6-7-4-2-1-3-5-7;1-3(2-5)4(6)7/h1-5H,6H2,(H,11,12);3H,2,5H2,1H3,(H,6,7). The molecule has 4 N–H and O–H groups in total. The monoisotopic (exact) mass is 267 g/mol. The van der Waals surface area contributed by atoms with Crippen LogP contribution in [0, 0.1) is 5.92 Å². The van der Waals surface area contributed by atoms with Gasteiger partial charge in [0.1, 0.15) is 0 Å². The Kier molecular flexibility index (Phi) is 7.79. The molecule has 0 aliphatic carbocycles. The minimum absolute atomic E-state index is 0.0316. The first-order valence-electron chi connectivity index (χ1n) is 5.61. The van der Waals surface area contributed by atoms with E-state index in [2.05, 4.69) is 0 Å². The van der Waals surface area contributed by atoms with E-state index >= 15 is 0 Å². The number of rotatable bonds is 5. The number of carbonyl (C=O) groups excluding carboxylic acids is 1. The van der Waals surface area contributed by atoms with Gasteiger partial charge in [-0.1, -0.05) is 37.3 Å². The van der Waals surface area contributed by atoms with Crippen LogP contribution in [0.15, 0.2) is 30.3 Å². The second kappa shape index (κ2) is 8.82. The lowest BCUT2D eigenvalue weighted by Gasteiger charge is -1.96. The van der Waals surface area contributed by atoms with E-state index in [9.17, 15) is 14.4 Å². The number of ketones is 1. The van der Waals surface area contributed by atoms with Crippen LogP contribution in [0.5, 0.6) is 0 Å². The largest absolute Gasteiger partial charge is 0.481 e. The lowest BCUT2D eigenvalue weighted by Crippen LogP contribution is -2.19. The van der Waals surface area contributed by atoms with Gasteiger partial charge in [-0.2, -0.15) is 0 Å². The predicted molar refractivity (Wildman–Crippen MR) is 68.6 cm³/mol. The van der Waals surface area contributed by atoms with Crippen LogP contribution < -0.4 is 5.73 Å². The lowest BCUT2D eigenvalue weighted by molar-refractivity contribution is -0.148. The molecule has 6 heteroatoms. The first-order valence-corrected chi connectivity index (χ1v) is 5.61. The highest BCUT2D eigenvalue weighted by molar-refractivity contribution is 6.33. The summed E-state index contributed by atoms with van der Waals surface area (Å²) < 4.78 is 0. The molecule has 19 heavy (non-hydrogen) atoms. The zero-order chi connectivity index (χ0) is 14.8. The number of carboxylic acids is 2. The molecule has 1 atom stereocenters. The summed E-state index contributed by atoms with van der Waals surface area (Å²) in [6, 6.07) is 8.80. The molecule has 0 fully saturated rings. The van der Waals surface area contributed by atoms with Gasteiger partial charge < -0.3 is 15.9 Å². The van der Waals surface area contributed by atoms with Crippen molar-refractivity contribution in [3.8, 4) is 0 Å². The van der Waals surface area contributed by atoms with Crippen molar-refractivity contribution >= 4 is 17.7 Å². The zero-order valence-corrected chi connectivity index (χ0v) is 10.6. The Bertz CT molecular complexity index is 430. The molecule has 1 aromatic rings. The van der Waals surface area contributed by atoms with Gasteiger partial charge in [0.05, 0.1) is 5.92 Å². The van der Waals surface area contributed by atoms with Crippen LogP contribution in [0.2, 0.25) is 0 Å². The Morgan fingerprint density at radius 1 is 1.16 bits per heavy atom. The minimum Gasteiger partial charge on any atom is -0.481 e. The summed E-state index contributed by atoms with van der Waals surface area (Å²) in [6.45, 7) is 1.79. The Morgan fingerprint density at radius 2 is 1.68 bits per heavy atom. The molecule has 0 aliphatic rings. The SMILES string of the molecule is CC(CN)C(=O)O.O=C(O)C(=O)Cc1ccccc1. The maximum atomic E-state index is 10.7. The maximum absolute atomic E-state index is 10.7. The molecule has 104 valence electrons. The Labute approximate surface area is 110 Å². The number of hydrogen-bond donors (Lipinski definition) is 3. The number of nitrogens with two attached hydrogens (primary N) is 1. The number of aliphatic carboxylic acids is 2. The normalized spacial score (nSPS) is 10.8. The third-order valence-electron chi connectivity index (χ3n) is 2.22. The van der Waals surface area contributed by atoms with Gasteiger partial charge in [0.15, 0.2) is 0 Å². The average Bonchev–Trinajstić information content (AvgIpc) is 2.39. The molecule has 0 aromatic heterocycles. The third kappa shape index (κ3) is 7.67. The summed E-state index contributed by atoms with van der Waals surface area (Å²) >= 11 is 0.